The lowest BCUT2D eigenvalue weighted by molar-refractivity contribution is -0.126. The maximum atomic E-state index is 12.9. The quantitative estimate of drug-likeness (QED) is 0.675. The van der Waals surface area contributed by atoms with Gasteiger partial charge in [0.2, 0.25) is 21.8 Å². The highest BCUT2D eigenvalue weighted by atomic mass is 32.2. The first-order chi connectivity index (χ1) is 13.6. The number of amides is 2. The molecular weight excluding hydrogens is 418 g/mol. The third kappa shape index (κ3) is 5.34. The zero-order valence-electron chi connectivity index (χ0n) is 16.1. The zero-order valence-corrected chi connectivity index (χ0v) is 17.8. The lowest BCUT2D eigenvalue weighted by Crippen LogP contribution is -2.47. The molecule has 0 aliphatic carbocycles. The molecule has 11 heteroatoms. The van der Waals surface area contributed by atoms with Crippen LogP contribution in [0.5, 0.6) is 0 Å². The number of sulfone groups is 1. The lowest BCUT2D eigenvalue weighted by atomic mass is 9.98. The summed E-state index contributed by atoms with van der Waals surface area (Å²) in [6.45, 7) is 1.74. The van der Waals surface area contributed by atoms with Crippen molar-refractivity contribution in [3.05, 3.63) is 24.3 Å². The Hall–Kier alpha value is -1.98. The smallest absolute Gasteiger partial charge is 0.243 e. The molecule has 2 amide bonds. The number of anilines is 1. The fourth-order valence-corrected chi connectivity index (χ4v) is 6.86. The minimum absolute atomic E-state index is 0.0566. The number of piperidine rings is 1. The Morgan fingerprint density at radius 3 is 2.41 bits per heavy atom. The molecule has 2 aliphatic heterocycles. The number of benzene rings is 1. The van der Waals surface area contributed by atoms with Gasteiger partial charge in [-0.1, -0.05) is 0 Å². The van der Waals surface area contributed by atoms with E-state index >= 15 is 0 Å². The Labute approximate surface area is 170 Å². The molecule has 2 atom stereocenters. The monoisotopic (exact) mass is 443 g/mol. The van der Waals surface area contributed by atoms with Crippen LogP contribution in [0.2, 0.25) is 0 Å². The molecule has 2 N–H and O–H groups in total. The Balaban J connectivity index is 1.66. The van der Waals surface area contributed by atoms with Crippen LogP contribution in [0.4, 0.5) is 5.69 Å². The summed E-state index contributed by atoms with van der Waals surface area (Å²) in [4.78, 5) is 23.7. The van der Waals surface area contributed by atoms with Gasteiger partial charge in [0.15, 0.2) is 9.84 Å². The standard InChI is InChI=1S/C18H25N3O6S2/c1-13(22)19-15-4-6-17(7-5-15)29(26,27)21-9-2-3-14(11-21)18(23)20-16-8-10-28(24,25)12-16/h4-7,14,16H,2-3,8-12H2,1H3,(H,19,22)(H,20,23)/t14-,16-/m1/s1. The molecule has 9 nitrogen and oxygen atoms in total. The molecule has 2 fully saturated rings. The van der Waals surface area contributed by atoms with E-state index in [2.05, 4.69) is 10.6 Å². The molecular formula is C18H25N3O6S2. The van der Waals surface area contributed by atoms with Crippen molar-refractivity contribution in [3.63, 3.8) is 0 Å². The van der Waals surface area contributed by atoms with Crippen LogP contribution in [0.1, 0.15) is 26.2 Å². The van der Waals surface area contributed by atoms with Gasteiger partial charge in [0.25, 0.3) is 0 Å². The predicted molar refractivity (Wildman–Crippen MR) is 107 cm³/mol. The largest absolute Gasteiger partial charge is 0.352 e. The molecule has 2 heterocycles. The van der Waals surface area contributed by atoms with Crippen molar-refractivity contribution in [3.8, 4) is 0 Å². The number of hydrogen-bond donors (Lipinski definition) is 2. The Kier molecular flexibility index (Phi) is 6.30. The van der Waals surface area contributed by atoms with Crippen molar-refractivity contribution in [1.82, 2.24) is 9.62 Å². The molecule has 2 aliphatic rings. The Morgan fingerprint density at radius 2 is 1.83 bits per heavy atom. The molecule has 1 aromatic carbocycles. The summed E-state index contributed by atoms with van der Waals surface area (Å²) in [7, 11) is -6.88. The molecule has 2 saturated heterocycles. The first-order valence-corrected chi connectivity index (χ1v) is 12.7. The van der Waals surface area contributed by atoms with Gasteiger partial charge in [-0.3, -0.25) is 9.59 Å². The van der Waals surface area contributed by atoms with Gasteiger partial charge in [0.05, 0.1) is 22.3 Å². The van der Waals surface area contributed by atoms with Gasteiger partial charge in [0.1, 0.15) is 0 Å². The fraction of sp³-hybridized carbons (Fsp3) is 0.556. The fourth-order valence-electron chi connectivity index (χ4n) is 3.67. The number of nitrogens with zero attached hydrogens (tertiary/aromatic N) is 1. The van der Waals surface area contributed by atoms with E-state index in [1.165, 1.54) is 35.5 Å². The number of carbonyl (C=O) groups is 2. The summed E-state index contributed by atoms with van der Waals surface area (Å²) < 4.78 is 50.3. The number of nitrogens with one attached hydrogen (secondary N) is 2. The van der Waals surface area contributed by atoms with E-state index in [1.807, 2.05) is 0 Å². The number of carbonyl (C=O) groups excluding carboxylic acids is 2. The van der Waals surface area contributed by atoms with Gasteiger partial charge in [-0.25, -0.2) is 16.8 Å². The van der Waals surface area contributed by atoms with Crippen molar-refractivity contribution in [2.45, 2.75) is 37.1 Å². The van der Waals surface area contributed by atoms with Crippen molar-refractivity contribution in [1.29, 1.82) is 0 Å². The molecule has 29 heavy (non-hydrogen) atoms. The van der Waals surface area contributed by atoms with Crippen LogP contribution in [0.25, 0.3) is 0 Å². The SMILES string of the molecule is CC(=O)Nc1ccc(S(=O)(=O)N2CCC[C@@H](C(=O)N[C@@H]3CCS(=O)(=O)C3)C2)cc1. The van der Waals surface area contributed by atoms with Gasteiger partial charge < -0.3 is 10.6 Å². The molecule has 0 bridgehead atoms. The maximum absolute atomic E-state index is 12.9. The van der Waals surface area contributed by atoms with Crippen LogP contribution < -0.4 is 10.6 Å². The summed E-state index contributed by atoms with van der Waals surface area (Å²) in [6, 6.07) is 5.48. The van der Waals surface area contributed by atoms with E-state index in [9.17, 15) is 26.4 Å². The summed E-state index contributed by atoms with van der Waals surface area (Å²) in [5, 5.41) is 5.34. The minimum atomic E-state index is -3.77. The van der Waals surface area contributed by atoms with E-state index in [4.69, 9.17) is 0 Å². The molecule has 160 valence electrons. The molecule has 0 saturated carbocycles. The lowest BCUT2D eigenvalue weighted by Gasteiger charge is -2.31. The molecule has 0 spiro atoms. The maximum Gasteiger partial charge on any atom is 0.243 e. The Bertz CT molecular complexity index is 989. The van der Waals surface area contributed by atoms with E-state index in [0.717, 1.165) is 0 Å². The third-order valence-corrected chi connectivity index (χ3v) is 8.79. The highest BCUT2D eigenvalue weighted by molar-refractivity contribution is 7.91. The van der Waals surface area contributed by atoms with Crippen LogP contribution in [0, 0.1) is 5.92 Å². The van der Waals surface area contributed by atoms with Crippen molar-refractivity contribution < 1.29 is 26.4 Å². The number of sulfonamides is 1. The third-order valence-electron chi connectivity index (χ3n) is 5.15. The van der Waals surface area contributed by atoms with Gasteiger partial charge in [-0.2, -0.15) is 4.31 Å². The van der Waals surface area contributed by atoms with Crippen molar-refractivity contribution in [2.75, 3.05) is 29.9 Å². The number of hydrogen-bond acceptors (Lipinski definition) is 6. The second-order valence-electron chi connectivity index (χ2n) is 7.52. The highest BCUT2D eigenvalue weighted by Crippen LogP contribution is 2.25. The van der Waals surface area contributed by atoms with E-state index < -0.39 is 31.8 Å². The minimum Gasteiger partial charge on any atom is -0.352 e. The molecule has 0 aromatic heterocycles. The summed E-state index contributed by atoms with van der Waals surface area (Å²) in [6.07, 6.45) is 1.49. The van der Waals surface area contributed by atoms with Gasteiger partial charge >= 0.3 is 0 Å². The Morgan fingerprint density at radius 1 is 1.14 bits per heavy atom. The van der Waals surface area contributed by atoms with E-state index in [-0.39, 0.29) is 34.8 Å². The average Bonchev–Trinajstić information content (AvgIpc) is 3.00. The zero-order chi connectivity index (χ0) is 21.2. The first-order valence-electron chi connectivity index (χ1n) is 9.45. The topological polar surface area (TPSA) is 130 Å². The summed E-state index contributed by atoms with van der Waals surface area (Å²) in [5.41, 5.74) is 0.499. The summed E-state index contributed by atoms with van der Waals surface area (Å²) in [5.74, 6) is -1.06. The molecule has 0 unspecified atom stereocenters. The van der Waals surface area contributed by atoms with E-state index in [1.54, 1.807) is 0 Å². The average molecular weight is 444 g/mol. The second-order valence-corrected chi connectivity index (χ2v) is 11.7. The van der Waals surface area contributed by atoms with Crippen molar-refractivity contribution in [2.24, 2.45) is 5.92 Å². The first kappa shape index (κ1) is 21.7. The van der Waals surface area contributed by atoms with Gasteiger partial charge in [0, 0.05) is 31.7 Å². The van der Waals surface area contributed by atoms with Crippen molar-refractivity contribution >= 4 is 37.4 Å². The molecule has 3 rings (SSSR count). The molecule has 1 aromatic rings. The normalized spacial score (nSPS) is 24.7. The second kappa shape index (κ2) is 8.41. The van der Waals surface area contributed by atoms with Crippen LogP contribution in [0.3, 0.4) is 0 Å². The summed E-state index contributed by atoms with van der Waals surface area (Å²) >= 11 is 0. The van der Waals surface area contributed by atoms with Crippen LogP contribution in [-0.2, 0) is 29.4 Å². The van der Waals surface area contributed by atoms with Crippen LogP contribution in [0.15, 0.2) is 29.2 Å². The van der Waals surface area contributed by atoms with Gasteiger partial charge in [-0.15, -0.1) is 0 Å². The van der Waals surface area contributed by atoms with E-state index in [0.29, 0.717) is 31.5 Å². The predicted octanol–water partition coefficient (Wildman–Crippen LogP) is 0.349. The van der Waals surface area contributed by atoms with Crippen LogP contribution in [-0.4, -0.2) is 63.6 Å². The number of rotatable bonds is 5. The van der Waals surface area contributed by atoms with Gasteiger partial charge in [-0.05, 0) is 43.5 Å². The highest BCUT2D eigenvalue weighted by Gasteiger charge is 2.35. The molecule has 0 radical (unpaired) electrons. The van der Waals surface area contributed by atoms with Crippen LogP contribution >= 0.6 is 0 Å².